The molecule has 0 radical (unpaired) electrons. The van der Waals surface area contributed by atoms with Crippen molar-refractivity contribution in [3.63, 3.8) is 0 Å². The predicted octanol–water partition coefficient (Wildman–Crippen LogP) is 2.13. The summed E-state index contributed by atoms with van der Waals surface area (Å²) in [4.78, 5) is 0. The number of allylic oxidation sites excluding steroid dienone is 1. The summed E-state index contributed by atoms with van der Waals surface area (Å²) in [7, 11) is -2.16. The number of rotatable bonds is 4. The Balaban J connectivity index is 3.05. The summed E-state index contributed by atoms with van der Waals surface area (Å²) in [6.45, 7) is 3.46. The second-order valence-corrected chi connectivity index (χ2v) is 2.60. The van der Waals surface area contributed by atoms with Gasteiger partial charge in [0.25, 0.3) is 0 Å². The van der Waals surface area contributed by atoms with Gasteiger partial charge < -0.3 is 0 Å². The summed E-state index contributed by atoms with van der Waals surface area (Å²) < 4.78 is 19.8. The number of hydrogen-bond acceptors (Lipinski definition) is 2. The molecule has 0 amide bonds. The van der Waals surface area contributed by atoms with Gasteiger partial charge in [-0.3, -0.25) is 0 Å². The Labute approximate surface area is 49.4 Å². The zero-order chi connectivity index (χ0) is 6.41. The van der Waals surface area contributed by atoms with Gasteiger partial charge in [0, 0.05) is 0 Å². The van der Waals surface area contributed by atoms with Crippen molar-refractivity contribution in [3.8, 4) is 0 Å². The molecule has 0 fully saturated rings. The minimum atomic E-state index is -2.16. The van der Waals surface area contributed by atoms with Crippen molar-refractivity contribution in [3.05, 3.63) is 12.7 Å². The Morgan fingerprint density at radius 3 is 2.50 bits per heavy atom. The van der Waals surface area contributed by atoms with E-state index < -0.39 is 7.68 Å². The Bertz CT molecular complexity index is 118. The van der Waals surface area contributed by atoms with Crippen molar-refractivity contribution in [1.29, 1.82) is 0 Å². The molecule has 0 aromatic rings. The lowest BCUT2D eigenvalue weighted by Gasteiger charge is -1.81. The molecule has 0 aliphatic heterocycles. The van der Waals surface area contributed by atoms with E-state index in [4.69, 9.17) is 0 Å². The molecule has 0 heterocycles. The van der Waals surface area contributed by atoms with Crippen LogP contribution in [0.25, 0.3) is 0 Å². The molecular weight excluding hydrogens is 123 g/mol. The summed E-state index contributed by atoms with van der Waals surface area (Å²) in [6.07, 6.45) is 3.52. The van der Waals surface area contributed by atoms with Gasteiger partial charge in [-0.2, -0.15) is 0 Å². The van der Waals surface area contributed by atoms with Crippen LogP contribution in [-0.4, -0.2) is 6.16 Å². The molecule has 0 rings (SSSR count). The molecule has 46 valence electrons. The fraction of sp³-hybridized carbons (Fsp3) is 0.600. The standard InChI is InChI=1S/C5H9O2P/c1-2-3-4-5-8(6)7/h2H,1,3-5H2. The van der Waals surface area contributed by atoms with Gasteiger partial charge in [0.2, 0.25) is 0 Å². The summed E-state index contributed by atoms with van der Waals surface area (Å²) in [5.74, 6) is 0. The van der Waals surface area contributed by atoms with Gasteiger partial charge in [0.1, 0.15) is 0 Å². The van der Waals surface area contributed by atoms with E-state index in [-0.39, 0.29) is 0 Å². The molecular formula is C5H9O2P. The molecule has 0 spiro atoms. The highest BCUT2D eigenvalue weighted by Crippen LogP contribution is 2.05. The van der Waals surface area contributed by atoms with Crippen LogP contribution in [-0.2, 0) is 9.13 Å². The van der Waals surface area contributed by atoms with Gasteiger partial charge in [0.05, 0.1) is 6.16 Å². The lowest BCUT2D eigenvalue weighted by Crippen LogP contribution is -1.70. The first-order valence-corrected chi connectivity index (χ1v) is 3.86. The van der Waals surface area contributed by atoms with Crippen LogP contribution in [0.3, 0.4) is 0 Å². The number of hydrogen-bond donors (Lipinski definition) is 0. The molecule has 0 aliphatic carbocycles. The third-order valence-corrected chi connectivity index (χ3v) is 1.43. The molecule has 0 aromatic heterocycles. The molecule has 0 unspecified atom stereocenters. The topological polar surface area (TPSA) is 34.1 Å². The Hall–Kier alpha value is -0.360. The third-order valence-electron chi connectivity index (χ3n) is 0.749. The molecule has 8 heavy (non-hydrogen) atoms. The van der Waals surface area contributed by atoms with Gasteiger partial charge >= 0.3 is 7.68 Å². The maximum atomic E-state index is 9.88. The molecule has 0 bridgehead atoms. The van der Waals surface area contributed by atoms with Crippen LogP contribution in [0.5, 0.6) is 0 Å². The van der Waals surface area contributed by atoms with Crippen molar-refractivity contribution in [2.24, 2.45) is 0 Å². The van der Waals surface area contributed by atoms with Crippen LogP contribution in [0.4, 0.5) is 0 Å². The Morgan fingerprint density at radius 2 is 2.12 bits per heavy atom. The predicted molar refractivity (Wildman–Crippen MR) is 32.6 cm³/mol. The van der Waals surface area contributed by atoms with E-state index in [0.717, 1.165) is 6.42 Å². The van der Waals surface area contributed by atoms with E-state index in [2.05, 4.69) is 6.58 Å². The quantitative estimate of drug-likeness (QED) is 0.333. The largest absolute Gasteiger partial charge is 0.315 e. The molecule has 0 saturated carbocycles. The lowest BCUT2D eigenvalue weighted by atomic mass is 10.3. The van der Waals surface area contributed by atoms with Crippen molar-refractivity contribution in [1.82, 2.24) is 0 Å². The normalized spacial score (nSPS) is 8.50. The van der Waals surface area contributed by atoms with E-state index >= 15 is 0 Å². The van der Waals surface area contributed by atoms with Gasteiger partial charge in [-0.25, -0.2) is 9.13 Å². The molecule has 0 aromatic carbocycles. The van der Waals surface area contributed by atoms with Crippen LogP contribution in [0.15, 0.2) is 12.7 Å². The second-order valence-electron chi connectivity index (χ2n) is 1.49. The fourth-order valence-corrected chi connectivity index (χ4v) is 0.805. The fourth-order valence-electron chi connectivity index (χ4n) is 0.365. The first kappa shape index (κ1) is 7.64. The third kappa shape index (κ3) is 5.64. The zero-order valence-corrected chi connectivity index (χ0v) is 5.56. The lowest BCUT2D eigenvalue weighted by molar-refractivity contribution is 0.514. The van der Waals surface area contributed by atoms with Crippen LogP contribution in [0.2, 0.25) is 0 Å². The molecule has 3 heteroatoms. The first-order valence-electron chi connectivity index (χ1n) is 2.50. The van der Waals surface area contributed by atoms with Crippen molar-refractivity contribution >= 4 is 7.68 Å². The molecule has 2 nitrogen and oxygen atoms in total. The van der Waals surface area contributed by atoms with Gasteiger partial charge in [-0.15, -0.1) is 6.58 Å². The summed E-state index contributed by atoms with van der Waals surface area (Å²) in [5, 5.41) is 0. The highest BCUT2D eigenvalue weighted by molar-refractivity contribution is 7.30. The molecule has 0 atom stereocenters. The van der Waals surface area contributed by atoms with Crippen LogP contribution in [0.1, 0.15) is 12.8 Å². The molecule has 0 aliphatic rings. The van der Waals surface area contributed by atoms with Gasteiger partial charge in [-0.05, 0) is 12.8 Å². The van der Waals surface area contributed by atoms with Crippen LogP contribution in [0, 0.1) is 0 Å². The highest BCUT2D eigenvalue weighted by Gasteiger charge is 1.87. The first-order chi connectivity index (χ1) is 3.77. The van der Waals surface area contributed by atoms with Crippen LogP contribution < -0.4 is 0 Å². The summed E-state index contributed by atoms with van der Waals surface area (Å²) in [5.41, 5.74) is 0. The SMILES string of the molecule is C=CCCCP(=O)=O. The monoisotopic (exact) mass is 132 g/mol. The van der Waals surface area contributed by atoms with Crippen molar-refractivity contribution in [2.75, 3.05) is 6.16 Å². The van der Waals surface area contributed by atoms with E-state index in [1.807, 2.05) is 0 Å². The van der Waals surface area contributed by atoms with E-state index in [1.54, 1.807) is 6.08 Å². The molecule has 0 saturated heterocycles. The van der Waals surface area contributed by atoms with Crippen LogP contribution >= 0.6 is 7.68 Å². The summed E-state index contributed by atoms with van der Waals surface area (Å²) in [6, 6.07) is 0. The average Bonchev–Trinajstić information content (AvgIpc) is 1.66. The Morgan fingerprint density at radius 1 is 1.50 bits per heavy atom. The van der Waals surface area contributed by atoms with Gasteiger partial charge in [0.15, 0.2) is 0 Å². The van der Waals surface area contributed by atoms with E-state index in [1.165, 1.54) is 0 Å². The van der Waals surface area contributed by atoms with Gasteiger partial charge in [-0.1, -0.05) is 6.08 Å². The highest BCUT2D eigenvalue weighted by atomic mass is 31.1. The smallest absolute Gasteiger partial charge is 0.237 e. The summed E-state index contributed by atoms with van der Waals surface area (Å²) >= 11 is 0. The maximum absolute atomic E-state index is 9.88. The van der Waals surface area contributed by atoms with E-state index in [0.29, 0.717) is 12.6 Å². The average molecular weight is 132 g/mol. The van der Waals surface area contributed by atoms with Crippen molar-refractivity contribution in [2.45, 2.75) is 12.8 Å². The molecule has 0 N–H and O–H groups in total. The minimum Gasteiger partial charge on any atom is -0.237 e. The maximum Gasteiger partial charge on any atom is 0.315 e. The minimum absolute atomic E-state index is 0.293. The number of unbranched alkanes of at least 4 members (excludes halogenated alkanes) is 1. The Kier molecular flexibility index (Phi) is 4.58. The second kappa shape index (κ2) is 4.79. The van der Waals surface area contributed by atoms with Crippen molar-refractivity contribution < 1.29 is 9.13 Å². The van der Waals surface area contributed by atoms with E-state index in [9.17, 15) is 9.13 Å². The zero-order valence-electron chi connectivity index (χ0n) is 4.67.